The molecule has 4 aliphatic heterocycles. The van der Waals surface area contributed by atoms with Gasteiger partial charge in [-0.05, 0) is 80.7 Å². The van der Waals surface area contributed by atoms with Gasteiger partial charge in [0.15, 0.2) is 0 Å². The van der Waals surface area contributed by atoms with Gasteiger partial charge in [0.1, 0.15) is 0 Å². The normalized spacial score (nSPS) is 21.6. The summed E-state index contributed by atoms with van der Waals surface area (Å²) in [6, 6.07) is 12.7. The molecule has 3 aromatic rings. The number of urea groups is 1. The van der Waals surface area contributed by atoms with Crippen LogP contribution in [0.15, 0.2) is 42.6 Å². The van der Waals surface area contributed by atoms with Crippen LogP contribution in [-0.4, -0.2) is 100 Å². The zero-order valence-electron chi connectivity index (χ0n) is 27.8. The molecule has 3 fully saturated rings. The fraction of sp³-hybridized carbons (Fsp3) is 0.568. The molecular formula is C37H50N7O3+. The Balaban J connectivity index is 1.08. The van der Waals surface area contributed by atoms with Gasteiger partial charge in [0, 0.05) is 69.1 Å². The SMILES string of the molecule is Cc1cc(CC(CC(=O)N2CCC(N3CCc4ccccc4NC3=O)CC2)C(=O)[N+]2(C3CCNCC3)CCCCC2)cc2cn[nH]c12. The van der Waals surface area contributed by atoms with Gasteiger partial charge >= 0.3 is 11.9 Å². The number of likely N-dealkylation sites (tertiary alicyclic amines) is 2. The van der Waals surface area contributed by atoms with Crippen LogP contribution in [0.4, 0.5) is 10.5 Å². The third-order valence-electron chi connectivity index (χ3n) is 11.5. The van der Waals surface area contributed by atoms with E-state index in [9.17, 15) is 14.4 Å². The summed E-state index contributed by atoms with van der Waals surface area (Å²) >= 11 is 0. The van der Waals surface area contributed by atoms with E-state index in [1.54, 1.807) is 0 Å². The number of benzene rings is 2. The molecule has 7 rings (SSSR count). The number of nitrogens with one attached hydrogen (secondary N) is 3. The van der Waals surface area contributed by atoms with Gasteiger partial charge in [-0.3, -0.25) is 14.4 Å². The number of nitrogens with zero attached hydrogens (tertiary/aromatic N) is 4. The molecule has 10 nitrogen and oxygen atoms in total. The van der Waals surface area contributed by atoms with Gasteiger partial charge in [-0.25, -0.2) is 9.59 Å². The molecule has 250 valence electrons. The third kappa shape index (κ3) is 6.54. The molecule has 1 unspecified atom stereocenters. The Morgan fingerprint density at radius 1 is 1.00 bits per heavy atom. The van der Waals surface area contributed by atoms with E-state index >= 15 is 0 Å². The van der Waals surface area contributed by atoms with Crippen molar-refractivity contribution in [3.8, 4) is 0 Å². The number of aryl methyl sites for hydroxylation is 1. The molecule has 0 radical (unpaired) electrons. The van der Waals surface area contributed by atoms with Gasteiger partial charge in [0.25, 0.3) is 0 Å². The van der Waals surface area contributed by atoms with Crippen molar-refractivity contribution >= 4 is 34.4 Å². The number of H-pyrrole nitrogens is 1. The van der Waals surface area contributed by atoms with Crippen molar-refractivity contribution < 1.29 is 18.9 Å². The number of aromatic amines is 1. The first-order valence-electron chi connectivity index (χ1n) is 17.9. The van der Waals surface area contributed by atoms with Crippen molar-refractivity contribution in [3.63, 3.8) is 0 Å². The molecule has 10 heteroatoms. The summed E-state index contributed by atoms with van der Waals surface area (Å²) in [5, 5.41) is 15.0. The minimum Gasteiger partial charge on any atom is -0.343 e. The number of hydrogen-bond donors (Lipinski definition) is 3. The lowest BCUT2D eigenvalue weighted by molar-refractivity contribution is -0.887. The average molecular weight is 641 g/mol. The minimum absolute atomic E-state index is 0.0521. The first-order chi connectivity index (χ1) is 22.9. The number of aromatic nitrogens is 2. The van der Waals surface area contributed by atoms with Crippen LogP contribution in [-0.2, 0) is 22.4 Å². The number of rotatable bonds is 7. The first kappa shape index (κ1) is 31.8. The van der Waals surface area contributed by atoms with Crippen molar-refractivity contribution in [1.82, 2.24) is 25.3 Å². The van der Waals surface area contributed by atoms with Gasteiger partial charge < -0.3 is 20.4 Å². The van der Waals surface area contributed by atoms with Crippen molar-refractivity contribution in [2.75, 3.05) is 51.1 Å². The second-order valence-electron chi connectivity index (χ2n) is 14.4. The number of carbonyl (C=O) groups excluding carboxylic acids is 3. The fourth-order valence-electron chi connectivity index (χ4n) is 8.97. The molecule has 4 amide bonds. The van der Waals surface area contributed by atoms with Gasteiger partial charge in [0.05, 0.1) is 36.8 Å². The van der Waals surface area contributed by atoms with Crippen LogP contribution in [0.25, 0.3) is 10.9 Å². The summed E-state index contributed by atoms with van der Waals surface area (Å²) in [5.41, 5.74) is 5.27. The van der Waals surface area contributed by atoms with Crippen LogP contribution in [0.3, 0.4) is 0 Å². The fourth-order valence-corrected chi connectivity index (χ4v) is 8.97. The molecule has 1 aromatic heterocycles. The lowest BCUT2D eigenvalue weighted by Gasteiger charge is -2.48. The quantitative estimate of drug-likeness (QED) is 0.322. The minimum atomic E-state index is -0.383. The van der Waals surface area contributed by atoms with Gasteiger partial charge in [-0.1, -0.05) is 24.3 Å². The second-order valence-corrected chi connectivity index (χ2v) is 14.4. The van der Waals surface area contributed by atoms with E-state index < -0.39 is 0 Å². The zero-order valence-corrected chi connectivity index (χ0v) is 27.8. The molecule has 3 N–H and O–H groups in total. The van der Waals surface area contributed by atoms with E-state index in [4.69, 9.17) is 0 Å². The molecule has 47 heavy (non-hydrogen) atoms. The van der Waals surface area contributed by atoms with Crippen LogP contribution in [0.5, 0.6) is 0 Å². The molecule has 0 aliphatic carbocycles. The lowest BCUT2D eigenvalue weighted by Crippen LogP contribution is -2.65. The first-order valence-corrected chi connectivity index (χ1v) is 17.9. The zero-order chi connectivity index (χ0) is 32.4. The number of anilines is 1. The van der Waals surface area contributed by atoms with E-state index in [1.165, 1.54) is 6.42 Å². The molecule has 4 aliphatic rings. The van der Waals surface area contributed by atoms with Gasteiger partial charge in [0.2, 0.25) is 5.91 Å². The lowest BCUT2D eigenvalue weighted by atomic mass is 9.87. The summed E-state index contributed by atoms with van der Waals surface area (Å²) in [6.45, 7) is 7.65. The smallest absolute Gasteiger partial charge is 0.322 e. The maximum absolute atomic E-state index is 15.0. The van der Waals surface area contributed by atoms with E-state index in [1.807, 2.05) is 34.2 Å². The highest BCUT2D eigenvalue weighted by Gasteiger charge is 2.48. The Kier molecular flexibility index (Phi) is 9.32. The van der Waals surface area contributed by atoms with Crippen molar-refractivity contribution in [1.29, 1.82) is 0 Å². The molecular weight excluding hydrogens is 590 g/mol. The van der Waals surface area contributed by atoms with E-state index in [0.717, 1.165) is 104 Å². The van der Waals surface area contributed by atoms with Crippen LogP contribution >= 0.6 is 0 Å². The van der Waals surface area contributed by atoms with Crippen LogP contribution in [0.2, 0.25) is 0 Å². The van der Waals surface area contributed by atoms with Crippen molar-refractivity contribution in [2.45, 2.75) is 83.2 Å². The Labute approximate surface area is 277 Å². The second kappa shape index (κ2) is 13.8. The summed E-state index contributed by atoms with van der Waals surface area (Å²) in [4.78, 5) is 46.2. The number of piperidine rings is 3. The Morgan fingerprint density at radius 3 is 2.55 bits per heavy atom. The Bertz CT molecular complexity index is 1600. The van der Waals surface area contributed by atoms with Crippen molar-refractivity contribution in [2.24, 2.45) is 5.92 Å². The summed E-state index contributed by atoms with van der Waals surface area (Å²) in [7, 11) is 0. The number of fused-ring (bicyclic) bond motifs is 2. The molecule has 5 heterocycles. The molecule has 2 aromatic carbocycles. The summed E-state index contributed by atoms with van der Waals surface area (Å²) < 4.78 is 0.543. The van der Waals surface area contributed by atoms with Crippen LogP contribution in [0, 0.1) is 12.8 Å². The maximum atomic E-state index is 15.0. The highest BCUT2D eigenvalue weighted by atomic mass is 16.2. The average Bonchev–Trinajstić information content (AvgIpc) is 3.52. The van der Waals surface area contributed by atoms with Gasteiger partial charge in [-0.2, -0.15) is 5.10 Å². The number of carbonyl (C=O) groups is 3. The molecule has 1 atom stereocenters. The Morgan fingerprint density at radius 2 is 1.77 bits per heavy atom. The number of para-hydroxylation sites is 1. The van der Waals surface area contributed by atoms with E-state index in [2.05, 4.69) is 46.0 Å². The summed E-state index contributed by atoms with van der Waals surface area (Å²) in [5.74, 6) is -0.0477. The largest absolute Gasteiger partial charge is 0.343 e. The summed E-state index contributed by atoms with van der Waals surface area (Å²) in [6.07, 6.45) is 10.3. The standard InChI is InChI=1S/C37H49N7O3/c1-26-21-27(23-30-25-39-41-35(26)30)22-29(36(46)44(19-5-2-6-20-44)32-9-14-38-15-10-32)24-34(45)42-16-12-31(13-17-42)43-18-11-28-7-3-4-8-33(28)40-37(43)47/h3-4,7-8,21,23,25,29,31-32,38H,2,5-6,9-20,22,24H2,1H3,(H-,39,40,41,47)/p+1. The number of hydrogen-bond acceptors (Lipinski definition) is 5. The third-order valence-corrected chi connectivity index (χ3v) is 11.5. The van der Waals surface area contributed by atoms with Gasteiger partial charge in [-0.15, -0.1) is 0 Å². The maximum Gasteiger partial charge on any atom is 0.322 e. The van der Waals surface area contributed by atoms with E-state index in [0.29, 0.717) is 36.6 Å². The number of amides is 4. The molecule has 0 saturated carbocycles. The predicted octanol–water partition coefficient (Wildman–Crippen LogP) is 4.78. The predicted molar refractivity (Wildman–Crippen MR) is 183 cm³/mol. The topological polar surface area (TPSA) is 110 Å². The molecule has 3 saturated heterocycles. The van der Waals surface area contributed by atoms with Crippen LogP contribution < -0.4 is 10.6 Å². The van der Waals surface area contributed by atoms with E-state index in [-0.39, 0.29) is 36.2 Å². The van der Waals surface area contributed by atoms with Crippen molar-refractivity contribution in [3.05, 3.63) is 59.3 Å². The highest BCUT2D eigenvalue weighted by Crippen LogP contribution is 2.34. The molecule has 0 spiro atoms. The monoisotopic (exact) mass is 640 g/mol. The number of quaternary nitrogens is 1. The highest BCUT2D eigenvalue weighted by molar-refractivity contribution is 5.91. The Hall–Kier alpha value is -3.76. The van der Waals surface area contributed by atoms with Crippen LogP contribution in [0.1, 0.15) is 68.1 Å². The molecule has 0 bridgehead atoms.